The predicted molar refractivity (Wildman–Crippen MR) is 121 cm³/mol. The number of carboxylic acids is 1. The Morgan fingerprint density at radius 3 is 2.19 bits per heavy atom. The molecule has 0 atom stereocenters. The molecule has 1 aliphatic rings. The standard InChI is InChI=1S/C25H23N3O3/c1-16-10-21-14-28(15-22(21)11-17(16)2)23-5-3-4-20(12-23)24(29)27-26-13-18-6-8-19(9-7-18)25(30)31/h3-13H,14-15H2,1-2H3,(H,27,29)(H,30,31)/b26-13+. The number of nitrogens with zero attached hydrogens (tertiary/aromatic N) is 2. The molecule has 0 aliphatic carbocycles. The summed E-state index contributed by atoms with van der Waals surface area (Å²) in [5.41, 5.74) is 10.2. The summed E-state index contributed by atoms with van der Waals surface area (Å²) < 4.78 is 0. The maximum atomic E-state index is 12.5. The molecule has 1 heterocycles. The lowest BCUT2D eigenvalue weighted by atomic mass is 10.0. The van der Waals surface area contributed by atoms with Gasteiger partial charge in [0.25, 0.3) is 5.91 Å². The van der Waals surface area contributed by atoms with Crippen LogP contribution in [0.25, 0.3) is 0 Å². The number of aryl methyl sites for hydroxylation is 2. The van der Waals surface area contributed by atoms with Gasteiger partial charge < -0.3 is 10.0 Å². The minimum Gasteiger partial charge on any atom is -0.478 e. The summed E-state index contributed by atoms with van der Waals surface area (Å²) in [6.45, 7) is 5.91. The highest BCUT2D eigenvalue weighted by Gasteiger charge is 2.20. The first-order valence-corrected chi connectivity index (χ1v) is 10.0. The lowest BCUT2D eigenvalue weighted by Gasteiger charge is -2.18. The molecule has 1 aliphatic heterocycles. The quantitative estimate of drug-likeness (QED) is 0.483. The van der Waals surface area contributed by atoms with Crippen LogP contribution in [0.2, 0.25) is 0 Å². The summed E-state index contributed by atoms with van der Waals surface area (Å²) in [6.07, 6.45) is 1.48. The highest BCUT2D eigenvalue weighted by Crippen LogP contribution is 2.30. The molecule has 3 aromatic carbocycles. The highest BCUT2D eigenvalue weighted by molar-refractivity contribution is 5.96. The Morgan fingerprint density at radius 2 is 1.58 bits per heavy atom. The second-order valence-corrected chi connectivity index (χ2v) is 7.74. The van der Waals surface area contributed by atoms with Gasteiger partial charge in [0, 0.05) is 24.3 Å². The van der Waals surface area contributed by atoms with E-state index in [1.54, 1.807) is 18.2 Å². The van der Waals surface area contributed by atoms with Crippen LogP contribution in [0.1, 0.15) is 48.5 Å². The lowest BCUT2D eigenvalue weighted by Crippen LogP contribution is -2.19. The molecular weight excluding hydrogens is 390 g/mol. The van der Waals surface area contributed by atoms with E-state index in [-0.39, 0.29) is 11.5 Å². The van der Waals surface area contributed by atoms with Gasteiger partial charge in [-0.05, 0) is 72.0 Å². The number of fused-ring (bicyclic) bond motifs is 1. The first kappa shape index (κ1) is 20.3. The number of hydrazone groups is 1. The number of nitrogens with one attached hydrogen (secondary N) is 1. The van der Waals surface area contributed by atoms with E-state index in [1.807, 2.05) is 18.2 Å². The van der Waals surface area contributed by atoms with Crippen molar-refractivity contribution in [1.29, 1.82) is 0 Å². The largest absolute Gasteiger partial charge is 0.478 e. The van der Waals surface area contributed by atoms with Gasteiger partial charge in [0.2, 0.25) is 0 Å². The number of rotatable bonds is 5. The van der Waals surface area contributed by atoms with E-state index < -0.39 is 5.97 Å². The minimum absolute atomic E-state index is 0.201. The van der Waals surface area contributed by atoms with E-state index in [4.69, 9.17) is 5.11 Å². The molecule has 31 heavy (non-hydrogen) atoms. The monoisotopic (exact) mass is 413 g/mol. The molecule has 1 amide bonds. The smallest absolute Gasteiger partial charge is 0.335 e. The van der Waals surface area contributed by atoms with Crippen molar-refractivity contribution in [2.75, 3.05) is 4.90 Å². The molecule has 0 unspecified atom stereocenters. The van der Waals surface area contributed by atoms with Crippen molar-refractivity contribution in [2.45, 2.75) is 26.9 Å². The maximum Gasteiger partial charge on any atom is 0.335 e. The Balaban J connectivity index is 1.42. The fourth-order valence-electron chi connectivity index (χ4n) is 3.67. The van der Waals surface area contributed by atoms with Crippen LogP contribution in [0.5, 0.6) is 0 Å². The lowest BCUT2D eigenvalue weighted by molar-refractivity contribution is 0.0696. The molecule has 0 aromatic heterocycles. The van der Waals surface area contributed by atoms with Gasteiger partial charge in [-0.3, -0.25) is 4.79 Å². The van der Waals surface area contributed by atoms with E-state index in [2.05, 4.69) is 41.4 Å². The van der Waals surface area contributed by atoms with Crippen molar-refractivity contribution in [3.8, 4) is 0 Å². The number of carbonyl (C=O) groups excluding carboxylic acids is 1. The van der Waals surface area contributed by atoms with Crippen LogP contribution in [0.3, 0.4) is 0 Å². The fraction of sp³-hybridized carbons (Fsp3) is 0.160. The molecule has 6 nitrogen and oxygen atoms in total. The van der Waals surface area contributed by atoms with E-state index in [9.17, 15) is 9.59 Å². The van der Waals surface area contributed by atoms with Crippen LogP contribution in [-0.4, -0.2) is 23.2 Å². The Labute approximate surface area is 180 Å². The van der Waals surface area contributed by atoms with Gasteiger partial charge in [-0.15, -0.1) is 0 Å². The summed E-state index contributed by atoms with van der Waals surface area (Å²) in [4.78, 5) is 25.7. The molecule has 156 valence electrons. The topological polar surface area (TPSA) is 82.0 Å². The fourth-order valence-corrected chi connectivity index (χ4v) is 3.67. The van der Waals surface area contributed by atoms with Crippen molar-refractivity contribution in [3.63, 3.8) is 0 Å². The van der Waals surface area contributed by atoms with Crippen LogP contribution in [0, 0.1) is 13.8 Å². The van der Waals surface area contributed by atoms with Crippen LogP contribution in [-0.2, 0) is 13.1 Å². The summed E-state index contributed by atoms with van der Waals surface area (Å²) in [6, 6.07) is 18.3. The van der Waals surface area contributed by atoms with Crippen LogP contribution >= 0.6 is 0 Å². The summed E-state index contributed by atoms with van der Waals surface area (Å²) in [5, 5.41) is 12.9. The van der Waals surface area contributed by atoms with Gasteiger partial charge >= 0.3 is 5.97 Å². The predicted octanol–water partition coefficient (Wildman–Crippen LogP) is 4.29. The van der Waals surface area contributed by atoms with Crippen molar-refractivity contribution in [2.24, 2.45) is 5.10 Å². The van der Waals surface area contributed by atoms with Gasteiger partial charge in [0.1, 0.15) is 0 Å². The first-order chi connectivity index (χ1) is 14.9. The first-order valence-electron chi connectivity index (χ1n) is 10.0. The van der Waals surface area contributed by atoms with Gasteiger partial charge in [-0.2, -0.15) is 5.10 Å². The van der Waals surface area contributed by atoms with E-state index in [1.165, 1.54) is 40.6 Å². The third-order valence-corrected chi connectivity index (χ3v) is 5.55. The number of hydrogen-bond donors (Lipinski definition) is 2. The van der Waals surface area contributed by atoms with E-state index in [0.29, 0.717) is 11.1 Å². The zero-order valence-corrected chi connectivity index (χ0v) is 17.4. The van der Waals surface area contributed by atoms with Crippen molar-refractivity contribution in [3.05, 3.63) is 99.6 Å². The maximum absolute atomic E-state index is 12.5. The van der Waals surface area contributed by atoms with Crippen LogP contribution in [0.4, 0.5) is 5.69 Å². The van der Waals surface area contributed by atoms with Crippen LogP contribution < -0.4 is 10.3 Å². The van der Waals surface area contributed by atoms with Crippen LogP contribution in [0.15, 0.2) is 65.8 Å². The van der Waals surface area contributed by atoms with E-state index >= 15 is 0 Å². The third kappa shape index (κ3) is 4.48. The molecule has 2 N–H and O–H groups in total. The third-order valence-electron chi connectivity index (χ3n) is 5.55. The number of aromatic carboxylic acids is 1. The molecule has 0 radical (unpaired) electrons. The molecule has 3 aromatic rings. The SMILES string of the molecule is Cc1cc2c(cc1C)CN(c1cccc(C(=O)N/N=C/c3ccc(C(=O)O)cc3)c1)C2. The Hall–Kier alpha value is -3.93. The molecule has 4 rings (SSSR count). The molecule has 0 spiro atoms. The molecule has 6 heteroatoms. The highest BCUT2D eigenvalue weighted by atomic mass is 16.4. The Morgan fingerprint density at radius 1 is 0.935 bits per heavy atom. The zero-order chi connectivity index (χ0) is 22.0. The number of carbonyl (C=O) groups is 2. The van der Waals surface area contributed by atoms with Crippen molar-refractivity contribution < 1.29 is 14.7 Å². The van der Waals surface area contributed by atoms with Gasteiger partial charge in [0.05, 0.1) is 11.8 Å². The molecule has 0 saturated heterocycles. The average molecular weight is 413 g/mol. The molecule has 0 fully saturated rings. The minimum atomic E-state index is -0.983. The number of carboxylic acid groups (broad SMARTS) is 1. The zero-order valence-electron chi connectivity index (χ0n) is 17.4. The normalized spacial score (nSPS) is 12.8. The molecule has 0 saturated carbocycles. The second kappa shape index (κ2) is 8.44. The molecular formula is C25H23N3O3. The number of amides is 1. The second-order valence-electron chi connectivity index (χ2n) is 7.74. The summed E-state index contributed by atoms with van der Waals surface area (Å²) in [5.74, 6) is -1.29. The number of hydrogen-bond acceptors (Lipinski definition) is 4. The van der Waals surface area contributed by atoms with E-state index in [0.717, 1.165) is 18.8 Å². The summed E-state index contributed by atoms with van der Waals surface area (Å²) >= 11 is 0. The van der Waals surface area contributed by atoms with Gasteiger partial charge in [-0.25, -0.2) is 10.2 Å². The Bertz CT molecular complexity index is 1150. The average Bonchev–Trinajstić information content (AvgIpc) is 3.17. The van der Waals surface area contributed by atoms with Crippen molar-refractivity contribution in [1.82, 2.24) is 5.43 Å². The number of anilines is 1. The Kier molecular flexibility index (Phi) is 5.54. The summed E-state index contributed by atoms with van der Waals surface area (Å²) in [7, 11) is 0. The van der Waals surface area contributed by atoms with Gasteiger partial charge in [-0.1, -0.05) is 30.3 Å². The van der Waals surface area contributed by atoms with Crippen molar-refractivity contribution >= 4 is 23.8 Å². The molecule has 0 bridgehead atoms. The van der Waals surface area contributed by atoms with Gasteiger partial charge in [0.15, 0.2) is 0 Å². The number of benzene rings is 3.